The molecule has 0 atom stereocenters. The van der Waals surface area contributed by atoms with Gasteiger partial charge in [0.2, 0.25) is 5.89 Å². The Labute approximate surface area is 126 Å². The number of hydrogen-bond donors (Lipinski definition) is 3. The number of fused-ring (bicyclic) bond motifs is 1. The summed E-state index contributed by atoms with van der Waals surface area (Å²) < 4.78 is 4.86. The van der Waals surface area contributed by atoms with E-state index in [-0.39, 0.29) is 12.0 Å². The third kappa shape index (κ3) is 3.14. The van der Waals surface area contributed by atoms with Crippen LogP contribution in [0.25, 0.3) is 10.8 Å². The predicted molar refractivity (Wildman–Crippen MR) is 83.4 cm³/mol. The third-order valence-corrected chi connectivity index (χ3v) is 3.15. The molecule has 0 radical (unpaired) electrons. The molecule has 0 saturated carbocycles. The van der Waals surface area contributed by atoms with E-state index in [1.807, 2.05) is 42.5 Å². The van der Waals surface area contributed by atoms with Crippen molar-refractivity contribution in [3.63, 3.8) is 0 Å². The molecule has 7 heteroatoms. The molecule has 4 N–H and O–H groups in total. The first-order chi connectivity index (χ1) is 10.7. The van der Waals surface area contributed by atoms with Gasteiger partial charge in [0.1, 0.15) is 0 Å². The number of urea groups is 1. The van der Waals surface area contributed by atoms with Crippen molar-refractivity contribution >= 4 is 28.4 Å². The Kier molecular flexibility index (Phi) is 3.86. The standard InChI is InChI=1S/C15H15N5O2/c16-14-19-13(22-20-14)8-9-17-15(21)18-12-7-3-5-10-4-1-2-6-11(10)12/h1-7H,8-9H2,(H2,16,20)(H2,17,18,21). The Morgan fingerprint density at radius 1 is 1.18 bits per heavy atom. The Morgan fingerprint density at radius 2 is 2.00 bits per heavy atom. The van der Waals surface area contributed by atoms with E-state index in [1.54, 1.807) is 0 Å². The highest BCUT2D eigenvalue weighted by Crippen LogP contribution is 2.22. The van der Waals surface area contributed by atoms with Crippen LogP contribution in [-0.2, 0) is 6.42 Å². The number of rotatable bonds is 4. The van der Waals surface area contributed by atoms with Gasteiger partial charge < -0.3 is 20.9 Å². The fourth-order valence-electron chi connectivity index (χ4n) is 2.15. The summed E-state index contributed by atoms with van der Waals surface area (Å²) in [6, 6.07) is 13.3. The molecule has 0 spiro atoms. The van der Waals surface area contributed by atoms with E-state index < -0.39 is 0 Å². The first kappa shape index (κ1) is 13.9. The second-order valence-electron chi connectivity index (χ2n) is 4.70. The number of nitrogens with zero attached hydrogens (tertiary/aromatic N) is 2. The lowest BCUT2D eigenvalue weighted by Crippen LogP contribution is -2.30. The maximum absolute atomic E-state index is 11.9. The summed E-state index contributed by atoms with van der Waals surface area (Å²) in [7, 11) is 0. The van der Waals surface area contributed by atoms with Crippen molar-refractivity contribution in [1.29, 1.82) is 0 Å². The number of nitrogens with one attached hydrogen (secondary N) is 2. The van der Waals surface area contributed by atoms with Crippen LogP contribution in [0.5, 0.6) is 0 Å². The third-order valence-electron chi connectivity index (χ3n) is 3.15. The lowest BCUT2D eigenvalue weighted by atomic mass is 10.1. The van der Waals surface area contributed by atoms with Gasteiger partial charge in [0.25, 0.3) is 5.95 Å². The topological polar surface area (TPSA) is 106 Å². The Bertz CT molecular complexity index is 794. The maximum Gasteiger partial charge on any atom is 0.319 e. The zero-order chi connectivity index (χ0) is 15.4. The number of carbonyl (C=O) groups is 1. The van der Waals surface area contributed by atoms with Crippen molar-refractivity contribution in [2.75, 3.05) is 17.6 Å². The molecule has 0 aliphatic carbocycles. The predicted octanol–water partition coefficient (Wildman–Crippen LogP) is 2.17. The van der Waals surface area contributed by atoms with Crippen molar-refractivity contribution in [1.82, 2.24) is 15.5 Å². The highest BCUT2D eigenvalue weighted by molar-refractivity contribution is 6.01. The molecule has 0 saturated heterocycles. The zero-order valence-corrected chi connectivity index (χ0v) is 11.7. The Hall–Kier alpha value is -3.09. The van der Waals surface area contributed by atoms with Crippen molar-refractivity contribution in [3.8, 4) is 0 Å². The fourth-order valence-corrected chi connectivity index (χ4v) is 2.15. The van der Waals surface area contributed by atoms with Crippen LogP contribution in [0.4, 0.5) is 16.4 Å². The monoisotopic (exact) mass is 297 g/mol. The molecule has 0 aliphatic rings. The van der Waals surface area contributed by atoms with Gasteiger partial charge in [-0.05, 0) is 16.6 Å². The molecule has 3 aromatic rings. The molecule has 7 nitrogen and oxygen atoms in total. The summed E-state index contributed by atoms with van der Waals surface area (Å²) in [4.78, 5) is 15.8. The molecular formula is C15H15N5O2. The number of nitrogen functional groups attached to an aromatic ring is 1. The van der Waals surface area contributed by atoms with Gasteiger partial charge >= 0.3 is 6.03 Å². The highest BCUT2D eigenvalue weighted by atomic mass is 16.5. The summed E-state index contributed by atoms with van der Waals surface area (Å²) >= 11 is 0. The van der Waals surface area contributed by atoms with Crippen LogP contribution in [0.2, 0.25) is 0 Å². The van der Waals surface area contributed by atoms with Crippen LogP contribution in [0.15, 0.2) is 47.0 Å². The van der Waals surface area contributed by atoms with Crippen molar-refractivity contribution in [2.45, 2.75) is 6.42 Å². The number of anilines is 2. The minimum atomic E-state index is -0.288. The van der Waals surface area contributed by atoms with E-state index in [0.717, 1.165) is 16.5 Å². The Morgan fingerprint density at radius 3 is 2.82 bits per heavy atom. The van der Waals surface area contributed by atoms with Gasteiger partial charge in [-0.1, -0.05) is 36.4 Å². The van der Waals surface area contributed by atoms with Crippen LogP contribution < -0.4 is 16.4 Å². The number of nitrogens with two attached hydrogens (primary N) is 1. The second-order valence-corrected chi connectivity index (χ2v) is 4.70. The average molecular weight is 297 g/mol. The summed E-state index contributed by atoms with van der Waals surface area (Å²) in [6.45, 7) is 0.373. The van der Waals surface area contributed by atoms with Gasteiger partial charge in [0.15, 0.2) is 0 Å². The molecule has 2 amide bonds. The van der Waals surface area contributed by atoms with Crippen LogP contribution in [-0.4, -0.2) is 22.7 Å². The van der Waals surface area contributed by atoms with Crippen LogP contribution >= 0.6 is 0 Å². The molecule has 0 bridgehead atoms. The van der Waals surface area contributed by atoms with Gasteiger partial charge in [0, 0.05) is 18.4 Å². The summed E-state index contributed by atoms with van der Waals surface area (Å²) in [5.41, 5.74) is 6.11. The summed E-state index contributed by atoms with van der Waals surface area (Å²) in [5, 5.41) is 11.1. The summed E-state index contributed by atoms with van der Waals surface area (Å²) in [6.07, 6.45) is 0.424. The number of benzene rings is 2. The minimum Gasteiger partial charge on any atom is -0.365 e. The van der Waals surface area contributed by atoms with Crippen LogP contribution in [0, 0.1) is 0 Å². The van der Waals surface area contributed by atoms with E-state index in [0.29, 0.717) is 18.9 Å². The van der Waals surface area contributed by atoms with Crippen molar-refractivity contribution in [2.24, 2.45) is 0 Å². The molecule has 0 unspecified atom stereocenters. The Balaban J connectivity index is 1.59. The number of hydrogen-bond acceptors (Lipinski definition) is 5. The molecule has 22 heavy (non-hydrogen) atoms. The molecule has 112 valence electrons. The minimum absolute atomic E-state index is 0.0928. The normalized spacial score (nSPS) is 10.5. The SMILES string of the molecule is Nc1noc(CCNC(=O)Nc2cccc3ccccc23)n1. The summed E-state index contributed by atoms with van der Waals surface area (Å²) in [5.74, 6) is 0.484. The van der Waals surface area contributed by atoms with Gasteiger partial charge in [-0.25, -0.2) is 4.79 Å². The smallest absolute Gasteiger partial charge is 0.319 e. The quantitative estimate of drug-likeness (QED) is 0.684. The zero-order valence-electron chi connectivity index (χ0n) is 11.7. The highest BCUT2D eigenvalue weighted by Gasteiger charge is 2.07. The first-order valence-electron chi connectivity index (χ1n) is 6.83. The van der Waals surface area contributed by atoms with E-state index >= 15 is 0 Å². The first-order valence-corrected chi connectivity index (χ1v) is 6.83. The second kappa shape index (κ2) is 6.13. The molecule has 1 aromatic heterocycles. The van der Waals surface area contributed by atoms with Crippen molar-refractivity contribution < 1.29 is 9.32 Å². The lowest BCUT2D eigenvalue weighted by Gasteiger charge is -2.09. The van der Waals surface area contributed by atoms with Gasteiger partial charge in [0.05, 0.1) is 5.69 Å². The largest absolute Gasteiger partial charge is 0.365 e. The molecule has 1 heterocycles. The van der Waals surface area contributed by atoms with Gasteiger partial charge in [-0.15, -0.1) is 0 Å². The molecule has 2 aromatic carbocycles. The van der Waals surface area contributed by atoms with Crippen LogP contribution in [0.1, 0.15) is 5.89 Å². The van der Waals surface area contributed by atoms with E-state index in [9.17, 15) is 4.79 Å². The molecule has 0 fully saturated rings. The lowest BCUT2D eigenvalue weighted by molar-refractivity contribution is 0.252. The van der Waals surface area contributed by atoms with Gasteiger partial charge in [-0.2, -0.15) is 4.98 Å². The van der Waals surface area contributed by atoms with Crippen molar-refractivity contribution in [3.05, 3.63) is 48.4 Å². The molecule has 0 aliphatic heterocycles. The van der Waals surface area contributed by atoms with E-state index in [4.69, 9.17) is 10.3 Å². The van der Waals surface area contributed by atoms with Crippen LogP contribution in [0.3, 0.4) is 0 Å². The number of amides is 2. The average Bonchev–Trinajstić information content (AvgIpc) is 2.93. The molecular weight excluding hydrogens is 282 g/mol. The number of aromatic nitrogens is 2. The molecule has 3 rings (SSSR count). The number of carbonyl (C=O) groups excluding carboxylic acids is 1. The van der Waals surface area contributed by atoms with E-state index in [2.05, 4.69) is 20.8 Å². The maximum atomic E-state index is 11.9. The van der Waals surface area contributed by atoms with Gasteiger partial charge in [-0.3, -0.25) is 0 Å². The van der Waals surface area contributed by atoms with E-state index in [1.165, 1.54) is 0 Å². The fraction of sp³-hybridized carbons (Fsp3) is 0.133.